The number of hydrogen-bond acceptors (Lipinski definition) is 4. The van der Waals surface area contributed by atoms with E-state index in [1.807, 2.05) is 0 Å². The van der Waals surface area contributed by atoms with Crippen LogP contribution in [0.5, 0.6) is 0 Å². The molecule has 1 amide bonds. The van der Waals surface area contributed by atoms with Gasteiger partial charge in [-0.2, -0.15) is 17.5 Å². The minimum Gasteiger partial charge on any atom is -0.273 e. The average molecular weight is 378 g/mol. The van der Waals surface area contributed by atoms with Gasteiger partial charge in [0, 0.05) is 19.0 Å². The summed E-state index contributed by atoms with van der Waals surface area (Å²) in [4.78, 5) is 16.3. The molecule has 1 aromatic rings. The van der Waals surface area contributed by atoms with Crippen LogP contribution in [0.2, 0.25) is 0 Å². The first-order chi connectivity index (χ1) is 11.7. The van der Waals surface area contributed by atoms with Gasteiger partial charge in [0.1, 0.15) is 6.10 Å². The lowest BCUT2D eigenvalue weighted by molar-refractivity contribution is -0.139. The number of hydroxylamine groups is 1. The summed E-state index contributed by atoms with van der Waals surface area (Å²) in [5.74, 6) is -0.259. The summed E-state index contributed by atoms with van der Waals surface area (Å²) in [5.41, 5.74) is 1.30. The van der Waals surface area contributed by atoms with Crippen LogP contribution in [0.4, 0.5) is 13.2 Å². The van der Waals surface area contributed by atoms with E-state index < -0.39 is 32.8 Å². The molecule has 6 nitrogen and oxygen atoms in total. The Morgan fingerprint density at radius 2 is 1.96 bits per heavy atom. The van der Waals surface area contributed by atoms with Crippen LogP contribution in [0.3, 0.4) is 0 Å². The zero-order valence-electron chi connectivity index (χ0n) is 13.1. The summed E-state index contributed by atoms with van der Waals surface area (Å²) in [7, 11) is -4.06. The van der Waals surface area contributed by atoms with Crippen LogP contribution in [-0.2, 0) is 25.8 Å². The summed E-state index contributed by atoms with van der Waals surface area (Å²) in [6.45, 7) is 0.0894. The first kappa shape index (κ1) is 18.2. The molecule has 1 aromatic carbocycles. The van der Waals surface area contributed by atoms with Gasteiger partial charge in [0.25, 0.3) is 0 Å². The van der Waals surface area contributed by atoms with Gasteiger partial charge in [0.2, 0.25) is 15.9 Å². The van der Waals surface area contributed by atoms with Gasteiger partial charge in [-0.05, 0) is 37.5 Å². The van der Waals surface area contributed by atoms with Crippen LogP contribution in [0, 0.1) is 5.92 Å². The number of nitrogens with zero attached hydrogens (tertiary/aromatic N) is 1. The molecule has 1 aliphatic carbocycles. The molecule has 1 saturated heterocycles. The summed E-state index contributed by atoms with van der Waals surface area (Å²) < 4.78 is 64.4. The molecule has 1 N–H and O–H groups in total. The highest BCUT2D eigenvalue weighted by Crippen LogP contribution is 2.32. The van der Waals surface area contributed by atoms with Crippen molar-refractivity contribution in [3.05, 3.63) is 29.8 Å². The average Bonchev–Trinajstić information content (AvgIpc) is 3.30. The Morgan fingerprint density at radius 3 is 2.60 bits per heavy atom. The Balaban J connectivity index is 1.65. The SMILES string of the molecule is O=C(NO[C@@H]1CCN(S(=O)(=O)c2cccc(C(F)(F)F)c2)C1)C1CC1. The van der Waals surface area contributed by atoms with Crippen molar-refractivity contribution < 1.29 is 31.2 Å². The zero-order valence-corrected chi connectivity index (χ0v) is 13.9. The summed E-state index contributed by atoms with van der Waals surface area (Å²) in [5, 5.41) is 0. The van der Waals surface area contributed by atoms with Gasteiger partial charge in [-0.15, -0.1) is 0 Å². The minimum absolute atomic E-state index is 0.0243. The largest absolute Gasteiger partial charge is 0.416 e. The molecular weight excluding hydrogens is 361 g/mol. The maximum Gasteiger partial charge on any atom is 0.416 e. The van der Waals surface area contributed by atoms with Gasteiger partial charge < -0.3 is 0 Å². The number of nitrogens with one attached hydrogen (secondary N) is 1. The molecule has 10 heteroatoms. The van der Waals surface area contributed by atoms with Gasteiger partial charge in [-0.25, -0.2) is 13.9 Å². The number of rotatable bonds is 5. The van der Waals surface area contributed by atoms with Crippen molar-refractivity contribution in [3.8, 4) is 0 Å². The first-order valence-corrected chi connectivity index (χ1v) is 9.25. The summed E-state index contributed by atoms with van der Waals surface area (Å²) in [6.07, 6.45) is -3.16. The maximum absolute atomic E-state index is 12.8. The lowest BCUT2D eigenvalue weighted by Crippen LogP contribution is -2.34. The molecule has 1 atom stereocenters. The third-order valence-corrected chi connectivity index (χ3v) is 6.04. The molecule has 0 aromatic heterocycles. The number of hydrogen-bond donors (Lipinski definition) is 1. The van der Waals surface area contributed by atoms with Crippen LogP contribution < -0.4 is 5.48 Å². The van der Waals surface area contributed by atoms with E-state index in [0.717, 1.165) is 35.3 Å². The number of alkyl halides is 3. The molecular formula is C15H17F3N2O4S. The summed E-state index contributed by atoms with van der Waals surface area (Å²) >= 11 is 0. The van der Waals surface area contributed by atoms with Crippen LogP contribution in [-0.4, -0.2) is 37.8 Å². The topological polar surface area (TPSA) is 75.7 Å². The molecule has 1 aliphatic heterocycles. The Kier molecular flexibility index (Phi) is 4.78. The van der Waals surface area contributed by atoms with E-state index in [9.17, 15) is 26.4 Å². The van der Waals surface area contributed by atoms with Crippen molar-refractivity contribution in [1.29, 1.82) is 0 Å². The first-order valence-electron chi connectivity index (χ1n) is 7.81. The molecule has 0 bridgehead atoms. The lowest BCUT2D eigenvalue weighted by Gasteiger charge is -2.17. The van der Waals surface area contributed by atoms with E-state index in [2.05, 4.69) is 5.48 Å². The Bertz CT molecular complexity index is 762. The van der Waals surface area contributed by atoms with E-state index in [1.165, 1.54) is 0 Å². The molecule has 1 saturated carbocycles. The van der Waals surface area contributed by atoms with Crippen molar-refractivity contribution in [2.24, 2.45) is 5.92 Å². The van der Waals surface area contributed by atoms with Crippen molar-refractivity contribution in [1.82, 2.24) is 9.79 Å². The Labute approximate surface area is 143 Å². The van der Waals surface area contributed by atoms with Gasteiger partial charge in [0.05, 0.1) is 10.5 Å². The second-order valence-electron chi connectivity index (χ2n) is 6.16. The highest BCUT2D eigenvalue weighted by Gasteiger charge is 2.37. The number of benzene rings is 1. The second kappa shape index (κ2) is 6.58. The molecule has 0 unspecified atom stereocenters. The highest BCUT2D eigenvalue weighted by molar-refractivity contribution is 7.89. The molecule has 3 rings (SSSR count). The van der Waals surface area contributed by atoms with Crippen molar-refractivity contribution >= 4 is 15.9 Å². The van der Waals surface area contributed by atoms with Crippen molar-refractivity contribution in [3.63, 3.8) is 0 Å². The molecule has 0 spiro atoms. The van der Waals surface area contributed by atoms with Crippen LogP contribution in [0.15, 0.2) is 29.2 Å². The monoisotopic (exact) mass is 378 g/mol. The predicted molar refractivity (Wildman–Crippen MR) is 80.6 cm³/mol. The fourth-order valence-electron chi connectivity index (χ4n) is 2.56. The van der Waals surface area contributed by atoms with E-state index in [0.29, 0.717) is 12.5 Å². The number of carbonyl (C=O) groups excluding carboxylic acids is 1. The number of carbonyl (C=O) groups is 1. The Hall–Kier alpha value is -1.65. The van der Waals surface area contributed by atoms with E-state index in [-0.39, 0.29) is 24.9 Å². The molecule has 2 aliphatic rings. The molecule has 25 heavy (non-hydrogen) atoms. The highest BCUT2D eigenvalue weighted by atomic mass is 32.2. The third-order valence-electron chi connectivity index (χ3n) is 4.18. The molecule has 2 fully saturated rings. The molecule has 138 valence electrons. The summed E-state index contributed by atoms with van der Waals surface area (Å²) in [6, 6.07) is 3.64. The number of amides is 1. The number of halogens is 3. The quantitative estimate of drug-likeness (QED) is 0.795. The molecule has 1 heterocycles. The number of sulfonamides is 1. The minimum atomic E-state index is -4.62. The fraction of sp³-hybridized carbons (Fsp3) is 0.533. The zero-order chi connectivity index (χ0) is 18.2. The Morgan fingerprint density at radius 1 is 1.24 bits per heavy atom. The van der Waals surface area contributed by atoms with E-state index in [4.69, 9.17) is 4.84 Å². The van der Waals surface area contributed by atoms with Crippen molar-refractivity contribution in [2.75, 3.05) is 13.1 Å². The van der Waals surface area contributed by atoms with Crippen molar-refractivity contribution in [2.45, 2.75) is 36.4 Å². The smallest absolute Gasteiger partial charge is 0.273 e. The predicted octanol–water partition coefficient (Wildman–Crippen LogP) is 1.93. The lowest BCUT2D eigenvalue weighted by atomic mass is 10.2. The van der Waals surface area contributed by atoms with Gasteiger partial charge in [0.15, 0.2) is 0 Å². The normalized spacial score (nSPS) is 22.1. The van der Waals surface area contributed by atoms with Crippen LogP contribution >= 0.6 is 0 Å². The van der Waals surface area contributed by atoms with Crippen LogP contribution in [0.1, 0.15) is 24.8 Å². The van der Waals surface area contributed by atoms with E-state index >= 15 is 0 Å². The molecule has 0 radical (unpaired) electrons. The van der Waals surface area contributed by atoms with Gasteiger partial charge in [-0.1, -0.05) is 6.07 Å². The second-order valence-corrected chi connectivity index (χ2v) is 8.10. The van der Waals surface area contributed by atoms with Gasteiger partial charge in [-0.3, -0.25) is 9.63 Å². The maximum atomic E-state index is 12.8. The van der Waals surface area contributed by atoms with Gasteiger partial charge >= 0.3 is 6.18 Å². The van der Waals surface area contributed by atoms with Crippen LogP contribution in [0.25, 0.3) is 0 Å². The third kappa shape index (κ3) is 4.13. The standard InChI is InChI=1S/C15H17F3N2O4S/c16-15(17,18)11-2-1-3-13(8-11)25(22,23)20-7-6-12(9-20)24-19-14(21)10-4-5-10/h1-3,8,10,12H,4-7,9H2,(H,19,21)/t12-/m1/s1. The van der Waals surface area contributed by atoms with E-state index in [1.54, 1.807) is 0 Å². The fourth-order valence-corrected chi connectivity index (χ4v) is 4.10.